The highest BCUT2D eigenvalue weighted by Gasteiger charge is 2.38. The molecule has 0 unspecified atom stereocenters. The van der Waals surface area contributed by atoms with Crippen molar-refractivity contribution in [3.63, 3.8) is 0 Å². The van der Waals surface area contributed by atoms with Crippen molar-refractivity contribution in [2.75, 3.05) is 32.3 Å². The van der Waals surface area contributed by atoms with Gasteiger partial charge >= 0.3 is 5.97 Å². The van der Waals surface area contributed by atoms with E-state index in [4.69, 9.17) is 14.2 Å². The number of carbonyl (C=O) groups is 2. The van der Waals surface area contributed by atoms with Gasteiger partial charge in [-0.15, -0.1) is 0 Å². The first-order valence-electron chi connectivity index (χ1n) is 13.2. The first-order valence-corrected chi connectivity index (χ1v) is 14.0. The number of thiazole rings is 1. The molecule has 0 N–H and O–H groups in total. The predicted molar refractivity (Wildman–Crippen MR) is 153 cm³/mol. The third-order valence-electron chi connectivity index (χ3n) is 7.11. The Balaban J connectivity index is 1.82. The van der Waals surface area contributed by atoms with E-state index in [1.54, 1.807) is 44.1 Å². The van der Waals surface area contributed by atoms with Crippen molar-refractivity contribution in [3.05, 3.63) is 84.5 Å². The minimum atomic E-state index is -0.905. The maximum Gasteiger partial charge on any atom is 0.338 e. The molecule has 1 amide bonds. The fourth-order valence-corrected chi connectivity index (χ4v) is 6.36. The zero-order valence-electron chi connectivity index (χ0n) is 23.1. The number of allylic oxidation sites excluding steroid dienone is 1. The number of benzene rings is 2. The predicted octanol–water partition coefficient (Wildman–Crippen LogP) is 3.33. The molecule has 2 aliphatic heterocycles. The Morgan fingerprint density at radius 1 is 1.07 bits per heavy atom. The van der Waals surface area contributed by atoms with Crippen LogP contribution in [0.5, 0.6) is 11.5 Å². The molecule has 0 saturated carbocycles. The molecule has 0 aliphatic carbocycles. The molecule has 208 valence electrons. The number of methoxy groups -OCH3 is 2. The molecular formula is C30H31N3O6S. The summed E-state index contributed by atoms with van der Waals surface area (Å²) in [6.45, 7) is 6.23. The van der Waals surface area contributed by atoms with Crippen LogP contribution in [0.3, 0.4) is 0 Å². The number of nitrogens with zero attached hydrogens (tertiary/aromatic N) is 3. The van der Waals surface area contributed by atoms with Crippen LogP contribution in [-0.4, -0.2) is 43.8 Å². The summed E-state index contributed by atoms with van der Waals surface area (Å²) in [5, 5.41) is 0. The number of ether oxygens (including phenoxy) is 3. The summed E-state index contributed by atoms with van der Waals surface area (Å²) in [5.74, 6) is 0.208. The molecule has 3 aromatic rings. The molecular weight excluding hydrogens is 530 g/mol. The highest BCUT2D eigenvalue weighted by Crippen LogP contribution is 2.39. The van der Waals surface area contributed by atoms with Gasteiger partial charge < -0.3 is 19.1 Å². The highest BCUT2D eigenvalue weighted by atomic mass is 32.1. The summed E-state index contributed by atoms with van der Waals surface area (Å²) in [7, 11) is 3.07. The van der Waals surface area contributed by atoms with E-state index < -0.39 is 17.6 Å². The molecule has 5 rings (SSSR count). The maximum absolute atomic E-state index is 14.3. The second-order valence-corrected chi connectivity index (χ2v) is 10.4. The average molecular weight is 562 g/mol. The number of aromatic nitrogens is 1. The number of carbonyl (C=O) groups excluding carboxylic acids is 2. The molecule has 0 bridgehead atoms. The van der Waals surface area contributed by atoms with Crippen molar-refractivity contribution in [1.82, 2.24) is 4.57 Å². The fourth-order valence-electron chi connectivity index (χ4n) is 5.23. The summed E-state index contributed by atoms with van der Waals surface area (Å²) in [6, 6.07) is 11.8. The van der Waals surface area contributed by atoms with E-state index in [-0.39, 0.29) is 22.6 Å². The number of para-hydroxylation sites is 1. The SMILES string of the molecule is CCCCN1C(=O)/C(=c2/sc3n(c2=O)[C@H](c2cc(OC)ccc2OC)C(C(=O)OCC)=C(C)N=3)c2ccccc21. The zero-order valence-corrected chi connectivity index (χ0v) is 24.0. The maximum atomic E-state index is 14.3. The number of fused-ring (bicyclic) bond motifs is 2. The van der Waals surface area contributed by atoms with E-state index in [0.29, 0.717) is 45.2 Å². The lowest BCUT2D eigenvalue weighted by Crippen LogP contribution is -2.41. The number of anilines is 1. The van der Waals surface area contributed by atoms with Crippen LogP contribution in [-0.2, 0) is 14.3 Å². The van der Waals surface area contributed by atoms with Crippen molar-refractivity contribution < 1.29 is 23.8 Å². The number of esters is 1. The van der Waals surface area contributed by atoms with Gasteiger partial charge in [0, 0.05) is 17.7 Å². The van der Waals surface area contributed by atoms with Gasteiger partial charge in [0.05, 0.1) is 43.4 Å². The Kier molecular flexibility index (Phi) is 7.62. The monoisotopic (exact) mass is 561 g/mol. The van der Waals surface area contributed by atoms with Crippen LogP contribution in [0.15, 0.2) is 63.5 Å². The summed E-state index contributed by atoms with van der Waals surface area (Å²) in [6.07, 6.45) is 1.77. The van der Waals surface area contributed by atoms with Crippen molar-refractivity contribution >= 4 is 34.5 Å². The molecule has 1 aromatic heterocycles. The minimum absolute atomic E-state index is 0.158. The Morgan fingerprint density at radius 3 is 2.55 bits per heavy atom. The molecule has 9 nitrogen and oxygen atoms in total. The lowest BCUT2D eigenvalue weighted by atomic mass is 9.94. The van der Waals surface area contributed by atoms with Gasteiger partial charge in [0.1, 0.15) is 22.1 Å². The van der Waals surface area contributed by atoms with E-state index in [9.17, 15) is 14.4 Å². The quantitative estimate of drug-likeness (QED) is 0.391. The fraction of sp³-hybridized carbons (Fsp3) is 0.333. The summed E-state index contributed by atoms with van der Waals surface area (Å²) in [4.78, 5) is 48.2. The molecule has 0 radical (unpaired) electrons. The smallest absolute Gasteiger partial charge is 0.338 e. The Hall–Kier alpha value is -4.18. The second kappa shape index (κ2) is 11.1. The summed E-state index contributed by atoms with van der Waals surface area (Å²) >= 11 is 1.15. The molecule has 2 aliphatic rings. The topological polar surface area (TPSA) is 99.4 Å². The summed E-state index contributed by atoms with van der Waals surface area (Å²) < 4.78 is 18.3. The number of hydrogen-bond donors (Lipinski definition) is 0. The molecule has 10 heteroatoms. The number of rotatable bonds is 8. The number of hydrogen-bond acceptors (Lipinski definition) is 8. The van der Waals surface area contributed by atoms with E-state index >= 15 is 0 Å². The first kappa shape index (κ1) is 27.4. The minimum Gasteiger partial charge on any atom is -0.497 e. The van der Waals surface area contributed by atoms with Crippen LogP contribution in [0.2, 0.25) is 0 Å². The Morgan fingerprint density at radius 2 is 1.85 bits per heavy atom. The van der Waals surface area contributed by atoms with Gasteiger partial charge in [-0.25, -0.2) is 9.79 Å². The van der Waals surface area contributed by atoms with Crippen molar-refractivity contribution in [1.29, 1.82) is 0 Å². The molecule has 2 aromatic carbocycles. The third kappa shape index (κ3) is 4.42. The van der Waals surface area contributed by atoms with Gasteiger partial charge in [0.2, 0.25) is 0 Å². The second-order valence-electron chi connectivity index (χ2n) is 9.43. The molecule has 3 heterocycles. The molecule has 0 fully saturated rings. The van der Waals surface area contributed by atoms with Gasteiger partial charge in [-0.2, -0.15) is 0 Å². The van der Waals surface area contributed by atoms with Gasteiger partial charge in [-0.1, -0.05) is 42.9 Å². The van der Waals surface area contributed by atoms with Gasteiger partial charge in [-0.3, -0.25) is 14.2 Å². The van der Waals surface area contributed by atoms with Crippen LogP contribution in [0, 0.1) is 0 Å². The zero-order chi connectivity index (χ0) is 28.6. The van der Waals surface area contributed by atoms with Gasteiger partial charge in [0.15, 0.2) is 4.80 Å². The van der Waals surface area contributed by atoms with Crippen LogP contribution in [0.4, 0.5) is 5.69 Å². The standard InChI is InChI=1S/C30H31N3O6S/c1-6-8-15-32-21-12-10-9-11-19(21)24(27(32)34)26-28(35)33-25(20-16-18(37-4)13-14-22(20)38-5)23(29(36)39-7-2)17(3)31-30(33)40-26/h9-14,16,25H,6-8,15H2,1-5H3/b26-24+/t25-/m1/s1. The normalized spacial score (nSPS) is 17.4. The van der Waals surface area contributed by atoms with Crippen LogP contribution >= 0.6 is 11.3 Å². The van der Waals surface area contributed by atoms with Crippen molar-refractivity contribution in [3.8, 4) is 11.5 Å². The van der Waals surface area contributed by atoms with Crippen LogP contribution in [0.1, 0.15) is 50.8 Å². The number of unbranched alkanes of at least 4 members (excludes halogenated alkanes) is 1. The van der Waals surface area contributed by atoms with Crippen molar-refractivity contribution in [2.24, 2.45) is 4.99 Å². The lowest BCUT2D eigenvalue weighted by Gasteiger charge is -2.26. The molecule has 0 saturated heterocycles. The van der Waals surface area contributed by atoms with Crippen LogP contribution in [0.25, 0.3) is 5.57 Å². The van der Waals surface area contributed by atoms with E-state index in [0.717, 1.165) is 29.9 Å². The van der Waals surface area contributed by atoms with Crippen LogP contribution < -0.4 is 29.3 Å². The van der Waals surface area contributed by atoms with Gasteiger partial charge in [0.25, 0.3) is 11.5 Å². The molecule has 0 spiro atoms. The number of amides is 1. The first-order chi connectivity index (χ1) is 19.4. The van der Waals surface area contributed by atoms with E-state index in [2.05, 4.69) is 11.9 Å². The Bertz CT molecular complexity index is 1720. The average Bonchev–Trinajstić information content (AvgIpc) is 3.42. The largest absolute Gasteiger partial charge is 0.497 e. The molecule has 1 atom stereocenters. The highest BCUT2D eigenvalue weighted by molar-refractivity contribution is 7.07. The summed E-state index contributed by atoms with van der Waals surface area (Å²) in [5.41, 5.74) is 2.63. The Labute approximate surface area is 235 Å². The lowest BCUT2D eigenvalue weighted by molar-refractivity contribution is -0.139. The van der Waals surface area contributed by atoms with E-state index in [1.165, 1.54) is 11.7 Å². The third-order valence-corrected chi connectivity index (χ3v) is 8.16. The molecule has 40 heavy (non-hydrogen) atoms. The van der Waals surface area contributed by atoms with Crippen molar-refractivity contribution in [2.45, 2.75) is 39.7 Å². The van der Waals surface area contributed by atoms with Gasteiger partial charge in [-0.05, 0) is 44.5 Å². The van der Waals surface area contributed by atoms with E-state index in [1.807, 2.05) is 24.3 Å².